The zero-order valence-corrected chi connectivity index (χ0v) is 10.7. The van der Waals surface area contributed by atoms with Gasteiger partial charge in [-0.2, -0.15) is 0 Å². The van der Waals surface area contributed by atoms with Gasteiger partial charge in [-0.15, -0.1) is 0 Å². The lowest BCUT2D eigenvalue weighted by molar-refractivity contribution is 1.34. The van der Waals surface area contributed by atoms with Crippen LogP contribution in [0.3, 0.4) is 0 Å². The number of hydrogen-bond acceptors (Lipinski definition) is 2. The maximum atomic E-state index is 6.09. The minimum Gasteiger partial charge on any atom is -0.397 e. The summed E-state index contributed by atoms with van der Waals surface area (Å²) in [4.78, 5) is 0. The predicted octanol–water partition coefficient (Wildman–Crippen LogP) is 4.28. The Kier molecular flexibility index (Phi) is 3.25. The number of benzene rings is 2. The van der Waals surface area contributed by atoms with Gasteiger partial charge in [0.2, 0.25) is 0 Å². The van der Waals surface area contributed by atoms with Crippen molar-refractivity contribution in [2.75, 3.05) is 11.1 Å². The van der Waals surface area contributed by atoms with Crippen molar-refractivity contribution in [3.63, 3.8) is 0 Å². The molecule has 3 heteroatoms. The Morgan fingerprint density at radius 1 is 1.00 bits per heavy atom. The lowest BCUT2D eigenvalue weighted by Gasteiger charge is -2.13. The third-order valence-electron chi connectivity index (χ3n) is 2.81. The van der Waals surface area contributed by atoms with E-state index in [4.69, 9.17) is 17.3 Å². The van der Waals surface area contributed by atoms with Crippen LogP contribution in [-0.4, -0.2) is 0 Å². The molecule has 2 aromatic rings. The van der Waals surface area contributed by atoms with Gasteiger partial charge in [0.1, 0.15) is 0 Å². The summed E-state index contributed by atoms with van der Waals surface area (Å²) in [5, 5.41) is 3.94. The molecule has 0 saturated heterocycles. The van der Waals surface area contributed by atoms with Crippen LogP contribution in [0.25, 0.3) is 0 Å². The molecular weight excluding hydrogens is 232 g/mol. The molecule has 0 aliphatic carbocycles. The van der Waals surface area contributed by atoms with E-state index in [-0.39, 0.29) is 0 Å². The Bertz CT molecular complexity index is 550. The second-order valence-electron chi connectivity index (χ2n) is 4.13. The van der Waals surface area contributed by atoms with E-state index in [1.165, 1.54) is 11.1 Å². The first kappa shape index (κ1) is 11.8. The van der Waals surface area contributed by atoms with Gasteiger partial charge in [-0.25, -0.2) is 0 Å². The highest BCUT2D eigenvalue weighted by atomic mass is 35.5. The molecule has 0 amide bonds. The smallest absolute Gasteiger partial charge is 0.0640 e. The first-order chi connectivity index (χ1) is 8.08. The van der Waals surface area contributed by atoms with E-state index in [9.17, 15) is 0 Å². The molecule has 2 nitrogen and oxygen atoms in total. The normalized spacial score (nSPS) is 10.3. The van der Waals surface area contributed by atoms with Gasteiger partial charge in [0, 0.05) is 0 Å². The van der Waals surface area contributed by atoms with Gasteiger partial charge in [-0.1, -0.05) is 23.7 Å². The quantitative estimate of drug-likeness (QED) is 0.776. The highest BCUT2D eigenvalue weighted by Crippen LogP contribution is 2.29. The van der Waals surface area contributed by atoms with Crippen molar-refractivity contribution in [3.05, 3.63) is 52.5 Å². The first-order valence-electron chi connectivity index (χ1n) is 5.46. The second kappa shape index (κ2) is 4.68. The van der Waals surface area contributed by atoms with Crippen molar-refractivity contribution < 1.29 is 0 Å². The minimum atomic E-state index is 0.685. The molecule has 2 rings (SSSR count). The Morgan fingerprint density at radius 2 is 1.65 bits per heavy atom. The number of hydrogen-bond donors (Lipinski definition) is 2. The maximum absolute atomic E-state index is 6.09. The van der Waals surface area contributed by atoms with Crippen LogP contribution in [0.1, 0.15) is 11.1 Å². The largest absolute Gasteiger partial charge is 0.397 e. The van der Waals surface area contributed by atoms with Gasteiger partial charge < -0.3 is 11.1 Å². The van der Waals surface area contributed by atoms with Crippen LogP contribution >= 0.6 is 11.6 Å². The number of halogens is 1. The molecule has 17 heavy (non-hydrogen) atoms. The zero-order valence-electron chi connectivity index (χ0n) is 9.92. The molecule has 0 unspecified atom stereocenters. The van der Waals surface area contributed by atoms with Gasteiger partial charge in [0.25, 0.3) is 0 Å². The summed E-state index contributed by atoms with van der Waals surface area (Å²) in [6.07, 6.45) is 0. The fourth-order valence-corrected chi connectivity index (χ4v) is 1.84. The standard InChI is InChI=1S/C14H15ClN2/c1-9-7-12(16)14(8-10(9)2)17-13-6-4-3-5-11(13)15/h3-8,17H,16H2,1-2H3. The van der Waals surface area contributed by atoms with E-state index in [0.717, 1.165) is 17.1 Å². The molecule has 0 heterocycles. The van der Waals surface area contributed by atoms with Crippen molar-refractivity contribution in [1.82, 2.24) is 0 Å². The topological polar surface area (TPSA) is 38.0 Å². The van der Waals surface area contributed by atoms with Gasteiger partial charge in [-0.3, -0.25) is 0 Å². The molecule has 0 aliphatic rings. The van der Waals surface area contributed by atoms with Crippen LogP contribution in [0.5, 0.6) is 0 Å². The van der Waals surface area contributed by atoms with E-state index in [2.05, 4.69) is 12.2 Å². The van der Waals surface area contributed by atoms with Crippen molar-refractivity contribution in [1.29, 1.82) is 0 Å². The number of nitrogens with two attached hydrogens (primary N) is 1. The summed E-state index contributed by atoms with van der Waals surface area (Å²) < 4.78 is 0. The molecule has 88 valence electrons. The minimum absolute atomic E-state index is 0.685. The molecule has 2 aromatic carbocycles. The van der Waals surface area contributed by atoms with Gasteiger partial charge in [0.05, 0.1) is 22.1 Å². The first-order valence-corrected chi connectivity index (χ1v) is 5.84. The van der Waals surface area contributed by atoms with Crippen LogP contribution < -0.4 is 11.1 Å². The Labute approximate surface area is 106 Å². The molecule has 0 fully saturated rings. The van der Waals surface area contributed by atoms with Gasteiger partial charge in [-0.05, 0) is 49.2 Å². The van der Waals surface area contributed by atoms with Crippen LogP contribution in [0.15, 0.2) is 36.4 Å². The van der Waals surface area contributed by atoms with Crippen LogP contribution in [0.4, 0.5) is 17.1 Å². The van der Waals surface area contributed by atoms with Crippen molar-refractivity contribution in [3.8, 4) is 0 Å². The van der Waals surface area contributed by atoms with Crippen LogP contribution in [-0.2, 0) is 0 Å². The second-order valence-corrected chi connectivity index (χ2v) is 4.54. The molecule has 0 spiro atoms. The number of para-hydroxylation sites is 1. The van der Waals surface area contributed by atoms with Crippen LogP contribution in [0, 0.1) is 13.8 Å². The number of nitrogen functional groups attached to an aromatic ring is 1. The molecule has 0 radical (unpaired) electrons. The third kappa shape index (κ3) is 2.53. The monoisotopic (exact) mass is 246 g/mol. The van der Waals surface area contributed by atoms with E-state index >= 15 is 0 Å². The fraction of sp³-hybridized carbons (Fsp3) is 0.143. The average molecular weight is 247 g/mol. The summed E-state index contributed by atoms with van der Waals surface area (Å²) in [6, 6.07) is 11.6. The average Bonchev–Trinajstić information content (AvgIpc) is 2.29. The molecule has 3 N–H and O–H groups in total. The summed E-state index contributed by atoms with van der Waals surface area (Å²) in [5.41, 5.74) is 10.9. The van der Waals surface area contributed by atoms with E-state index in [0.29, 0.717) is 5.02 Å². The molecule has 0 aromatic heterocycles. The Balaban J connectivity index is 2.37. The summed E-state index contributed by atoms with van der Waals surface area (Å²) in [6.45, 7) is 4.11. The maximum Gasteiger partial charge on any atom is 0.0640 e. The van der Waals surface area contributed by atoms with E-state index in [1.807, 2.05) is 43.3 Å². The predicted molar refractivity (Wildman–Crippen MR) is 75.1 cm³/mol. The SMILES string of the molecule is Cc1cc(N)c(Nc2ccccc2Cl)cc1C. The lowest BCUT2D eigenvalue weighted by Crippen LogP contribution is -1.98. The van der Waals surface area contributed by atoms with Crippen molar-refractivity contribution in [2.24, 2.45) is 0 Å². The molecule has 0 saturated carbocycles. The highest BCUT2D eigenvalue weighted by molar-refractivity contribution is 6.33. The third-order valence-corrected chi connectivity index (χ3v) is 3.14. The molecular formula is C14H15ClN2. The van der Waals surface area contributed by atoms with E-state index < -0.39 is 0 Å². The van der Waals surface area contributed by atoms with Crippen molar-refractivity contribution in [2.45, 2.75) is 13.8 Å². The highest BCUT2D eigenvalue weighted by Gasteiger charge is 2.04. The van der Waals surface area contributed by atoms with Crippen molar-refractivity contribution >= 4 is 28.7 Å². The number of rotatable bonds is 2. The van der Waals surface area contributed by atoms with E-state index in [1.54, 1.807) is 0 Å². The Morgan fingerprint density at radius 3 is 2.35 bits per heavy atom. The zero-order chi connectivity index (χ0) is 12.4. The van der Waals surface area contributed by atoms with Crippen LogP contribution in [0.2, 0.25) is 5.02 Å². The molecule has 0 atom stereocenters. The molecule has 0 aliphatic heterocycles. The van der Waals surface area contributed by atoms with Gasteiger partial charge in [0.15, 0.2) is 0 Å². The van der Waals surface area contributed by atoms with Gasteiger partial charge >= 0.3 is 0 Å². The summed E-state index contributed by atoms with van der Waals surface area (Å²) in [7, 11) is 0. The number of aryl methyl sites for hydroxylation is 2. The summed E-state index contributed by atoms with van der Waals surface area (Å²) in [5.74, 6) is 0. The lowest BCUT2D eigenvalue weighted by atomic mass is 10.1. The number of anilines is 3. The molecule has 0 bridgehead atoms. The Hall–Kier alpha value is -1.67. The summed E-state index contributed by atoms with van der Waals surface area (Å²) >= 11 is 6.09. The fourth-order valence-electron chi connectivity index (χ4n) is 1.65. The number of nitrogens with one attached hydrogen (secondary N) is 1.